The lowest BCUT2D eigenvalue weighted by Gasteiger charge is -2.12. The second kappa shape index (κ2) is 9.83. The Balaban J connectivity index is 1.98. The summed E-state index contributed by atoms with van der Waals surface area (Å²) in [5, 5.41) is 0. The van der Waals surface area contributed by atoms with E-state index in [0.717, 1.165) is 35.3 Å². The van der Waals surface area contributed by atoms with Crippen molar-refractivity contribution < 1.29 is 26.9 Å². The van der Waals surface area contributed by atoms with Gasteiger partial charge in [-0.05, 0) is 62.2 Å². The van der Waals surface area contributed by atoms with Gasteiger partial charge in [-0.1, -0.05) is 17.8 Å². The zero-order valence-corrected chi connectivity index (χ0v) is 19.0. The van der Waals surface area contributed by atoms with Crippen LogP contribution in [0.2, 0.25) is 0 Å². The molecule has 0 fully saturated rings. The number of aromatic nitrogens is 2. The second-order valence-corrected chi connectivity index (χ2v) is 9.33. The van der Waals surface area contributed by atoms with Gasteiger partial charge in [0.25, 0.3) is 0 Å². The van der Waals surface area contributed by atoms with Crippen molar-refractivity contribution >= 4 is 28.5 Å². The molecule has 0 aliphatic rings. The van der Waals surface area contributed by atoms with E-state index in [4.69, 9.17) is 4.74 Å². The Labute approximate surface area is 189 Å². The minimum Gasteiger partial charge on any atom is -0.462 e. The molecule has 3 rings (SSSR count). The highest BCUT2D eigenvalue weighted by molar-refractivity contribution is 7.99. The summed E-state index contributed by atoms with van der Waals surface area (Å²) in [4.78, 5) is 20.8. The van der Waals surface area contributed by atoms with E-state index in [0.29, 0.717) is 14.7 Å². The first-order chi connectivity index (χ1) is 15.1. The Bertz CT molecular complexity index is 1170. The zero-order chi connectivity index (χ0) is 23.5. The van der Waals surface area contributed by atoms with Crippen LogP contribution in [-0.4, -0.2) is 26.8 Å². The maximum Gasteiger partial charge on any atom is 0.451 e. The summed E-state index contributed by atoms with van der Waals surface area (Å²) in [6.45, 7) is 5.70. The van der Waals surface area contributed by atoms with Gasteiger partial charge in [-0.25, -0.2) is 19.0 Å². The number of ether oxygens (including phenoxy) is 1. The number of esters is 1. The molecule has 32 heavy (non-hydrogen) atoms. The lowest BCUT2D eigenvalue weighted by atomic mass is 10.1. The molecule has 0 aliphatic heterocycles. The zero-order valence-electron chi connectivity index (χ0n) is 17.4. The average molecular weight is 481 g/mol. The highest BCUT2D eigenvalue weighted by atomic mass is 32.2. The number of benzene rings is 2. The summed E-state index contributed by atoms with van der Waals surface area (Å²) in [7, 11) is -1.52. The molecule has 1 atom stereocenters. The summed E-state index contributed by atoms with van der Waals surface area (Å²) in [5.41, 5.74) is 2.27. The van der Waals surface area contributed by atoms with Crippen molar-refractivity contribution in [1.82, 2.24) is 9.97 Å². The molecule has 1 unspecified atom stereocenters. The fourth-order valence-corrected chi connectivity index (χ4v) is 4.84. The predicted octanol–water partition coefficient (Wildman–Crippen LogP) is 5.61. The number of carbonyl (C=O) groups excluding carboxylic acids is 1. The van der Waals surface area contributed by atoms with Crippen molar-refractivity contribution in [3.8, 4) is 0 Å². The summed E-state index contributed by atoms with van der Waals surface area (Å²) in [6.07, 6.45) is -2.59. The smallest absolute Gasteiger partial charge is 0.451 e. The number of aryl methyl sites for hydroxylation is 2. The number of alkyl halides is 3. The number of hydrogen-bond acceptors (Lipinski definition) is 6. The van der Waals surface area contributed by atoms with Crippen LogP contribution in [0.15, 0.2) is 68.4 Å². The van der Waals surface area contributed by atoms with E-state index in [1.807, 2.05) is 26.0 Å². The van der Waals surface area contributed by atoms with E-state index in [2.05, 4.69) is 9.97 Å². The number of halogens is 3. The van der Waals surface area contributed by atoms with Crippen LogP contribution in [0, 0.1) is 13.8 Å². The summed E-state index contributed by atoms with van der Waals surface area (Å²) in [6, 6.07) is 10.1. The monoisotopic (exact) mass is 480 g/mol. The molecule has 0 amide bonds. The third kappa shape index (κ3) is 5.55. The van der Waals surface area contributed by atoms with Crippen LogP contribution in [0.5, 0.6) is 0 Å². The van der Waals surface area contributed by atoms with Crippen LogP contribution in [0.3, 0.4) is 0 Å². The van der Waals surface area contributed by atoms with E-state index >= 15 is 0 Å². The fraction of sp³-hybridized carbons (Fsp3) is 0.227. The fourth-order valence-electron chi connectivity index (χ4n) is 2.69. The number of rotatable bonds is 6. The Morgan fingerprint density at radius 3 is 2.25 bits per heavy atom. The van der Waals surface area contributed by atoms with E-state index in [1.54, 1.807) is 25.1 Å². The van der Waals surface area contributed by atoms with Gasteiger partial charge in [-0.3, -0.25) is 0 Å². The van der Waals surface area contributed by atoms with E-state index in [-0.39, 0.29) is 17.1 Å². The van der Waals surface area contributed by atoms with Gasteiger partial charge in [0.1, 0.15) is 0 Å². The Morgan fingerprint density at radius 2 is 1.66 bits per heavy atom. The molecular formula is C22H19F3N2O3S2. The third-order valence-corrected chi connectivity index (χ3v) is 6.83. The molecule has 1 heterocycles. The molecule has 0 saturated carbocycles. The molecule has 0 spiro atoms. The van der Waals surface area contributed by atoms with Crippen LogP contribution in [-0.2, 0) is 21.7 Å². The molecule has 0 saturated heterocycles. The molecule has 0 aliphatic carbocycles. The standard InChI is InChI=1S/C22H19F3N2O3S2/c1-4-30-20(28)18-8-7-17(32(29)16-6-5-13(2)14(3)9-16)10-19(18)31-15-11-26-21(27-12-15)22(23,24)25/h5-12H,4H2,1-3H3. The molecule has 0 N–H and O–H groups in total. The van der Waals surface area contributed by atoms with Crippen molar-refractivity contribution in [2.75, 3.05) is 6.61 Å². The predicted molar refractivity (Wildman–Crippen MR) is 114 cm³/mol. The molecule has 168 valence electrons. The van der Waals surface area contributed by atoms with Crippen molar-refractivity contribution in [2.45, 2.75) is 46.5 Å². The van der Waals surface area contributed by atoms with Crippen LogP contribution < -0.4 is 0 Å². The topological polar surface area (TPSA) is 69.2 Å². The van der Waals surface area contributed by atoms with Gasteiger partial charge in [0.2, 0.25) is 5.82 Å². The molecule has 0 radical (unpaired) electrons. The first kappa shape index (κ1) is 23.9. The van der Waals surface area contributed by atoms with Gasteiger partial charge in [0.15, 0.2) is 0 Å². The van der Waals surface area contributed by atoms with Crippen molar-refractivity contribution in [1.29, 1.82) is 0 Å². The van der Waals surface area contributed by atoms with Crippen LogP contribution >= 0.6 is 11.8 Å². The first-order valence-corrected chi connectivity index (χ1v) is 11.4. The maximum absolute atomic E-state index is 13.1. The Morgan fingerprint density at radius 1 is 1.03 bits per heavy atom. The van der Waals surface area contributed by atoms with E-state index in [9.17, 15) is 22.2 Å². The second-order valence-electron chi connectivity index (χ2n) is 6.74. The summed E-state index contributed by atoms with van der Waals surface area (Å²) in [5.74, 6) is -1.84. The average Bonchev–Trinajstić information content (AvgIpc) is 2.75. The normalized spacial score (nSPS) is 12.4. The van der Waals surface area contributed by atoms with Crippen molar-refractivity contribution in [3.63, 3.8) is 0 Å². The number of nitrogens with zero attached hydrogens (tertiary/aromatic N) is 2. The largest absolute Gasteiger partial charge is 0.462 e. The minimum absolute atomic E-state index is 0.155. The van der Waals surface area contributed by atoms with E-state index < -0.39 is 28.8 Å². The van der Waals surface area contributed by atoms with Gasteiger partial charge >= 0.3 is 12.1 Å². The molecule has 1 aromatic heterocycles. The molecule has 10 heteroatoms. The quantitative estimate of drug-likeness (QED) is 0.428. The molecular weight excluding hydrogens is 461 g/mol. The van der Waals surface area contributed by atoms with Crippen molar-refractivity contribution in [3.05, 3.63) is 71.3 Å². The highest BCUT2D eigenvalue weighted by Gasteiger charge is 2.34. The lowest BCUT2D eigenvalue weighted by Crippen LogP contribution is -2.10. The molecule has 0 bridgehead atoms. The van der Waals surface area contributed by atoms with Crippen LogP contribution in [0.25, 0.3) is 0 Å². The number of hydrogen-bond donors (Lipinski definition) is 0. The molecule has 3 aromatic rings. The van der Waals surface area contributed by atoms with Crippen LogP contribution in [0.4, 0.5) is 13.2 Å². The number of carbonyl (C=O) groups is 1. The maximum atomic E-state index is 13.1. The summed E-state index contributed by atoms with van der Waals surface area (Å²) >= 11 is 0.992. The van der Waals surface area contributed by atoms with Gasteiger partial charge in [-0.15, -0.1) is 0 Å². The highest BCUT2D eigenvalue weighted by Crippen LogP contribution is 2.34. The van der Waals surface area contributed by atoms with E-state index in [1.165, 1.54) is 6.07 Å². The van der Waals surface area contributed by atoms with Gasteiger partial charge in [-0.2, -0.15) is 13.2 Å². The van der Waals surface area contributed by atoms with Gasteiger partial charge in [0.05, 0.1) is 23.0 Å². The Hall–Kier alpha value is -2.72. The van der Waals surface area contributed by atoms with Gasteiger partial charge in [0, 0.05) is 32.0 Å². The minimum atomic E-state index is -4.65. The molecule has 5 nitrogen and oxygen atoms in total. The first-order valence-electron chi connectivity index (χ1n) is 9.47. The van der Waals surface area contributed by atoms with Gasteiger partial charge < -0.3 is 4.74 Å². The lowest BCUT2D eigenvalue weighted by molar-refractivity contribution is -0.145. The van der Waals surface area contributed by atoms with Crippen molar-refractivity contribution in [2.24, 2.45) is 0 Å². The third-order valence-electron chi connectivity index (χ3n) is 4.46. The summed E-state index contributed by atoms with van der Waals surface area (Å²) < 4.78 is 56.4. The Kier molecular flexibility index (Phi) is 7.35. The molecule has 2 aromatic carbocycles. The van der Waals surface area contributed by atoms with Crippen LogP contribution in [0.1, 0.15) is 34.2 Å². The SMILES string of the molecule is CCOC(=O)c1ccc(S(=O)c2ccc(C)c(C)c2)cc1Sc1cnc(C(F)(F)F)nc1.